The van der Waals surface area contributed by atoms with E-state index in [9.17, 15) is 13.2 Å². The Balaban J connectivity index is 2.88. The van der Waals surface area contributed by atoms with E-state index in [1.54, 1.807) is 46.9 Å². The van der Waals surface area contributed by atoms with Crippen molar-refractivity contribution >= 4 is 21.6 Å². The van der Waals surface area contributed by atoms with Crippen LogP contribution < -0.4 is 15.4 Å². The number of hydrogen-bond acceptors (Lipinski definition) is 5. The summed E-state index contributed by atoms with van der Waals surface area (Å²) < 4.78 is 32.5. The first-order valence-electron chi connectivity index (χ1n) is 7.70. The molecule has 3 N–H and O–H groups in total. The lowest BCUT2D eigenvalue weighted by molar-refractivity contribution is -0.115. The molecule has 1 aromatic rings. The molecular weight excluding hydrogens is 330 g/mol. The summed E-state index contributed by atoms with van der Waals surface area (Å²) in [5.74, 6) is -0.243. The van der Waals surface area contributed by atoms with Crippen molar-refractivity contribution in [1.82, 2.24) is 10.0 Å². The third-order valence-electron chi connectivity index (χ3n) is 3.06. The van der Waals surface area contributed by atoms with E-state index in [0.717, 1.165) is 0 Å². The maximum absolute atomic E-state index is 12.5. The Hall–Kier alpha value is -1.48. The molecule has 0 heterocycles. The van der Waals surface area contributed by atoms with E-state index in [4.69, 9.17) is 4.74 Å². The number of sulfonamides is 1. The van der Waals surface area contributed by atoms with E-state index >= 15 is 0 Å². The van der Waals surface area contributed by atoms with E-state index in [1.165, 1.54) is 6.07 Å². The van der Waals surface area contributed by atoms with Crippen molar-refractivity contribution in [3.63, 3.8) is 0 Å². The SMILES string of the molecule is COCCNCC(=O)Nc1cccc(S(=O)(=O)NC(C)(C)C)c1C. The van der Waals surface area contributed by atoms with Gasteiger partial charge in [-0.25, -0.2) is 13.1 Å². The van der Waals surface area contributed by atoms with E-state index in [-0.39, 0.29) is 17.3 Å². The van der Waals surface area contributed by atoms with Crippen molar-refractivity contribution in [3.8, 4) is 0 Å². The first-order chi connectivity index (χ1) is 11.1. The number of nitrogens with one attached hydrogen (secondary N) is 3. The molecule has 0 saturated carbocycles. The first kappa shape index (κ1) is 20.6. The average molecular weight is 357 g/mol. The van der Waals surface area contributed by atoms with Crippen LogP contribution in [0.3, 0.4) is 0 Å². The molecule has 0 aliphatic carbocycles. The van der Waals surface area contributed by atoms with Crippen molar-refractivity contribution in [1.29, 1.82) is 0 Å². The minimum atomic E-state index is -3.66. The maximum atomic E-state index is 12.5. The summed E-state index contributed by atoms with van der Waals surface area (Å²) in [5.41, 5.74) is 0.389. The van der Waals surface area contributed by atoms with E-state index in [0.29, 0.717) is 24.4 Å². The van der Waals surface area contributed by atoms with Crippen molar-refractivity contribution < 1.29 is 17.9 Å². The second-order valence-electron chi connectivity index (χ2n) is 6.50. The third kappa shape index (κ3) is 6.56. The predicted octanol–water partition coefficient (Wildman–Crippen LogP) is 1.25. The monoisotopic (exact) mass is 357 g/mol. The van der Waals surface area contributed by atoms with Gasteiger partial charge in [0.1, 0.15) is 0 Å². The molecule has 1 rings (SSSR count). The highest BCUT2D eigenvalue weighted by molar-refractivity contribution is 7.89. The van der Waals surface area contributed by atoms with Gasteiger partial charge in [0.2, 0.25) is 15.9 Å². The second kappa shape index (κ2) is 8.57. The van der Waals surface area contributed by atoms with Crippen LogP contribution in [0.25, 0.3) is 0 Å². The average Bonchev–Trinajstić information content (AvgIpc) is 2.43. The maximum Gasteiger partial charge on any atom is 0.241 e. The highest BCUT2D eigenvalue weighted by atomic mass is 32.2. The summed E-state index contributed by atoms with van der Waals surface area (Å²) in [6, 6.07) is 4.81. The van der Waals surface area contributed by atoms with Gasteiger partial charge in [-0.15, -0.1) is 0 Å². The van der Waals surface area contributed by atoms with Gasteiger partial charge in [-0.1, -0.05) is 6.07 Å². The minimum absolute atomic E-state index is 0.125. The van der Waals surface area contributed by atoms with Crippen molar-refractivity contribution in [2.45, 2.75) is 38.1 Å². The predicted molar refractivity (Wildman–Crippen MR) is 94.6 cm³/mol. The van der Waals surface area contributed by atoms with E-state index in [2.05, 4.69) is 15.4 Å². The Bertz CT molecular complexity index is 666. The summed E-state index contributed by atoms with van der Waals surface area (Å²) in [6.07, 6.45) is 0. The van der Waals surface area contributed by atoms with Crippen molar-refractivity contribution in [3.05, 3.63) is 23.8 Å². The van der Waals surface area contributed by atoms with Crippen LogP contribution >= 0.6 is 0 Å². The number of carbonyl (C=O) groups excluding carboxylic acids is 1. The van der Waals surface area contributed by atoms with Gasteiger partial charge in [-0.2, -0.15) is 0 Å². The summed E-state index contributed by atoms with van der Waals surface area (Å²) in [5, 5.41) is 5.66. The number of hydrogen-bond donors (Lipinski definition) is 3. The van der Waals surface area contributed by atoms with E-state index in [1.807, 2.05) is 0 Å². The van der Waals surface area contributed by atoms with Gasteiger partial charge in [0.05, 0.1) is 18.0 Å². The number of carbonyl (C=O) groups is 1. The highest BCUT2D eigenvalue weighted by Gasteiger charge is 2.24. The second-order valence-corrected chi connectivity index (χ2v) is 8.15. The fourth-order valence-electron chi connectivity index (χ4n) is 2.07. The van der Waals surface area contributed by atoms with Crippen LogP contribution in [0, 0.1) is 6.92 Å². The standard InChI is InChI=1S/C16H27N3O4S/c1-12-13(18-15(20)11-17-9-10-23-5)7-6-8-14(12)24(21,22)19-16(2,3)4/h6-8,17,19H,9-11H2,1-5H3,(H,18,20). The zero-order chi connectivity index (χ0) is 18.4. The van der Waals surface area contributed by atoms with Crippen LogP contribution in [0.4, 0.5) is 5.69 Å². The molecule has 0 unspecified atom stereocenters. The van der Waals surface area contributed by atoms with Crippen LogP contribution in [0.5, 0.6) is 0 Å². The minimum Gasteiger partial charge on any atom is -0.383 e. The molecule has 0 aliphatic rings. The number of ether oxygens (including phenoxy) is 1. The molecule has 0 radical (unpaired) electrons. The molecule has 0 aliphatic heterocycles. The van der Waals surface area contributed by atoms with Gasteiger partial charge in [0.25, 0.3) is 0 Å². The van der Waals surface area contributed by atoms with Gasteiger partial charge in [-0.3, -0.25) is 4.79 Å². The number of amides is 1. The fraction of sp³-hybridized carbons (Fsp3) is 0.562. The molecule has 136 valence electrons. The molecule has 0 bridgehead atoms. The molecule has 0 saturated heterocycles. The van der Waals surface area contributed by atoms with Gasteiger partial charge >= 0.3 is 0 Å². The number of methoxy groups -OCH3 is 1. The molecule has 24 heavy (non-hydrogen) atoms. The molecule has 0 atom stereocenters. The first-order valence-corrected chi connectivity index (χ1v) is 9.18. The van der Waals surface area contributed by atoms with Gasteiger partial charge < -0.3 is 15.4 Å². The third-order valence-corrected chi connectivity index (χ3v) is 4.96. The number of benzene rings is 1. The van der Waals surface area contributed by atoms with Crippen LogP contribution in [0.15, 0.2) is 23.1 Å². The molecular formula is C16H27N3O4S. The zero-order valence-electron chi connectivity index (χ0n) is 14.9. The topological polar surface area (TPSA) is 96.5 Å². The Morgan fingerprint density at radius 2 is 1.92 bits per heavy atom. The van der Waals surface area contributed by atoms with Crippen molar-refractivity contribution in [2.75, 3.05) is 32.1 Å². The molecule has 1 aromatic carbocycles. The van der Waals surface area contributed by atoms with Crippen molar-refractivity contribution in [2.24, 2.45) is 0 Å². The molecule has 0 aromatic heterocycles. The zero-order valence-corrected chi connectivity index (χ0v) is 15.7. The van der Waals surface area contributed by atoms with Crippen LogP contribution in [-0.4, -0.2) is 46.7 Å². The Labute approximate surface area is 144 Å². The Morgan fingerprint density at radius 3 is 2.50 bits per heavy atom. The van der Waals surface area contributed by atoms with Crippen LogP contribution in [0.1, 0.15) is 26.3 Å². The van der Waals surface area contributed by atoms with Gasteiger partial charge in [0.15, 0.2) is 0 Å². The smallest absolute Gasteiger partial charge is 0.241 e. The van der Waals surface area contributed by atoms with Crippen LogP contribution in [0.2, 0.25) is 0 Å². The van der Waals surface area contributed by atoms with Crippen LogP contribution in [-0.2, 0) is 19.6 Å². The lowest BCUT2D eigenvalue weighted by Crippen LogP contribution is -2.40. The molecule has 0 fully saturated rings. The Morgan fingerprint density at radius 1 is 1.25 bits per heavy atom. The normalized spacial score (nSPS) is 12.2. The van der Waals surface area contributed by atoms with Gasteiger partial charge in [0, 0.05) is 24.9 Å². The van der Waals surface area contributed by atoms with Gasteiger partial charge in [-0.05, 0) is 45.4 Å². The fourth-order valence-corrected chi connectivity index (χ4v) is 3.76. The largest absolute Gasteiger partial charge is 0.383 e. The molecule has 7 nitrogen and oxygen atoms in total. The number of rotatable bonds is 8. The summed E-state index contributed by atoms with van der Waals surface area (Å²) in [7, 11) is -2.08. The lowest BCUT2D eigenvalue weighted by atomic mass is 10.1. The molecule has 8 heteroatoms. The summed E-state index contributed by atoms with van der Waals surface area (Å²) >= 11 is 0. The summed E-state index contributed by atoms with van der Waals surface area (Å²) in [6.45, 7) is 8.20. The quantitative estimate of drug-likeness (QED) is 0.609. The molecule has 0 spiro atoms. The summed E-state index contributed by atoms with van der Waals surface area (Å²) in [4.78, 5) is 12.1. The van der Waals surface area contributed by atoms with E-state index < -0.39 is 15.6 Å². The Kier molecular flexibility index (Phi) is 7.34. The molecule has 1 amide bonds. The lowest BCUT2D eigenvalue weighted by Gasteiger charge is -2.22. The highest BCUT2D eigenvalue weighted by Crippen LogP contribution is 2.24. The number of anilines is 1.